The third-order valence-electron chi connectivity index (χ3n) is 4.34. The van der Waals surface area contributed by atoms with Gasteiger partial charge in [-0.15, -0.1) is 11.8 Å². The van der Waals surface area contributed by atoms with Crippen LogP contribution in [0.1, 0.15) is 36.8 Å². The number of nitrogens with one attached hydrogen (secondary N) is 2. The molecule has 0 bridgehead atoms. The van der Waals surface area contributed by atoms with Crippen LogP contribution in [0.15, 0.2) is 23.1 Å². The number of piperazine rings is 1. The van der Waals surface area contributed by atoms with Crippen molar-refractivity contribution >= 4 is 11.8 Å². The average molecular weight is 276 g/mol. The third kappa shape index (κ3) is 2.99. The quantitative estimate of drug-likeness (QED) is 0.830. The summed E-state index contributed by atoms with van der Waals surface area (Å²) < 4.78 is 0. The first-order valence-electron chi connectivity index (χ1n) is 7.58. The molecule has 1 saturated heterocycles. The van der Waals surface area contributed by atoms with Gasteiger partial charge in [0.25, 0.3) is 0 Å². The monoisotopic (exact) mass is 276 g/mol. The van der Waals surface area contributed by atoms with Gasteiger partial charge in [0.15, 0.2) is 0 Å². The number of fused-ring (bicyclic) bond motifs is 1. The summed E-state index contributed by atoms with van der Waals surface area (Å²) in [5.41, 5.74) is 3.20. The zero-order valence-electron chi connectivity index (χ0n) is 11.7. The van der Waals surface area contributed by atoms with Crippen LogP contribution in [0.25, 0.3) is 0 Å². The molecule has 1 aliphatic carbocycles. The highest BCUT2D eigenvalue weighted by atomic mass is 32.2. The molecule has 2 N–H and O–H groups in total. The number of benzene rings is 1. The lowest BCUT2D eigenvalue weighted by Crippen LogP contribution is -2.51. The molecule has 0 radical (unpaired) electrons. The van der Waals surface area contributed by atoms with Crippen LogP contribution >= 0.6 is 11.8 Å². The van der Waals surface area contributed by atoms with Crippen LogP contribution in [0, 0.1) is 0 Å². The van der Waals surface area contributed by atoms with E-state index >= 15 is 0 Å². The fourth-order valence-corrected chi connectivity index (χ4v) is 4.19. The molecule has 1 aliphatic heterocycles. The maximum Gasteiger partial charge on any atom is 0.0261 e. The smallest absolute Gasteiger partial charge is 0.0261 e. The van der Waals surface area contributed by atoms with Gasteiger partial charge in [-0.2, -0.15) is 0 Å². The number of rotatable bonds is 3. The van der Waals surface area contributed by atoms with Crippen molar-refractivity contribution in [3.63, 3.8) is 0 Å². The molecule has 0 saturated carbocycles. The Kier molecular flexibility index (Phi) is 4.46. The van der Waals surface area contributed by atoms with Gasteiger partial charge in [-0.3, -0.25) is 0 Å². The van der Waals surface area contributed by atoms with Gasteiger partial charge >= 0.3 is 0 Å². The number of hydrogen-bond donors (Lipinski definition) is 2. The van der Waals surface area contributed by atoms with Crippen LogP contribution in [-0.4, -0.2) is 31.4 Å². The lowest BCUT2D eigenvalue weighted by atomic mass is 9.78. The zero-order chi connectivity index (χ0) is 13.1. The molecule has 3 heteroatoms. The van der Waals surface area contributed by atoms with Gasteiger partial charge in [0.05, 0.1) is 0 Å². The summed E-state index contributed by atoms with van der Waals surface area (Å²) in [5, 5.41) is 7.23. The summed E-state index contributed by atoms with van der Waals surface area (Å²) in [6, 6.07) is 7.78. The highest BCUT2D eigenvalue weighted by Gasteiger charge is 2.28. The summed E-state index contributed by atoms with van der Waals surface area (Å²) in [5.74, 6) is 1.87. The topological polar surface area (TPSA) is 24.1 Å². The number of hydrogen-bond acceptors (Lipinski definition) is 3. The Morgan fingerprint density at radius 2 is 2.26 bits per heavy atom. The largest absolute Gasteiger partial charge is 0.314 e. The Labute approximate surface area is 120 Å². The molecule has 1 fully saturated rings. The van der Waals surface area contributed by atoms with E-state index in [1.807, 2.05) is 11.8 Å². The van der Waals surface area contributed by atoms with Crippen molar-refractivity contribution < 1.29 is 0 Å². The van der Waals surface area contributed by atoms with E-state index in [9.17, 15) is 0 Å². The SMILES string of the molecule is CCSc1ccc2c(c1)CCCC2C1CNCCN1. The van der Waals surface area contributed by atoms with Crippen molar-refractivity contribution in [2.45, 2.75) is 43.0 Å². The van der Waals surface area contributed by atoms with E-state index in [1.165, 1.54) is 24.2 Å². The summed E-state index contributed by atoms with van der Waals surface area (Å²) in [4.78, 5) is 1.44. The van der Waals surface area contributed by atoms with Crippen LogP contribution in [0.5, 0.6) is 0 Å². The Bertz CT molecular complexity index is 427. The standard InChI is InChI=1S/C16H24N2S/c1-2-19-13-6-7-14-12(10-13)4-3-5-15(14)16-11-17-8-9-18-16/h6-7,10,15-18H,2-5,8-9,11H2,1H3. The Morgan fingerprint density at radius 3 is 3.05 bits per heavy atom. The van der Waals surface area contributed by atoms with Gasteiger partial charge in [-0.05, 0) is 48.3 Å². The predicted octanol–water partition coefficient (Wildman–Crippen LogP) is 2.78. The molecular formula is C16H24N2S. The fraction of sp³-hybridized carbons (Fsp3) is 0.625. The van der Waals surface area contributed by atoms with Crippen molar-refractivity contribution in [1.82, 2.24) is 10.6 Å². The average Bonchev–Trinajstić information content (AvgIpc) is 2.48. The molecule has 1 heterocycles. The van der Waals surface area contributed by atoms with E-state index in [1.54, 1.807) is 11.1 Å². The van der Waals surface area contributed by atoms with Gasteiger partial charge in [0.2, 0.25) is 0 Å². The van der Waals surface area contributed by atoms with Crippen LogP contribution in [-0.2, 0) is 6.42 Å². The highest BCUT2D eigenvalue weighted by molar-refractivity contribution is 7.99. The molecule has 1 aromatic rings. The highest BCUT2D eigenvalue weighted by Crippen LogP contribution is 2.36. The molecule has 2 atom stereocenters. The van der Waals surface area contributed by atoms with E-state index < -0.39 is 0 Å². The van der Waals surface area contributed by atoms with Crippen molar-refractivity contribution in [3.8, 4) is 0 Å². The van der Waals surface area contributed by atoms with Gasteiger partial charge in [0.1, 0.15) is 0 Å². The molecule has 2 aliphatic rings. The first-order chi connectivity index (χ1) is 9.38. The molecule has 2 nitrogen and oxygen atoms in total. The lowest BCUT2D eigenvalue weighted by molar-refractivity contribution is 0.341. The first-order valence-corrected chi connectivity index (χ1v) is 8.56. The number of thioether (sulfide) groups is 1. The molecule has 3 rings (SSSR count). The van der Waals surface area contributed by atoms with Gasteiger partial charge in [0, 0.05) is 36.5 Å². The zero-order valence-corrected chi connectivity index (χ0v) is 12.6. The Hall–Kier alpha value is -0.510. The first kappa shape index (κ1) is 13.5. The molecule has 1 aromatic carbocycles. The Morgan fingerprint density at radius 1 is 1.32 bits per heavy atom. The Balaban J connectivity index is 1.82. The minimum absolute atomic E-state index is 0.623. The lowest BCUT2D eigenvalue weighted by Gasteiger charge is -2.36. The molecule has 0 amide bonds. The van der Waals surface area contributed by atoms with E-state index in [0.29, 0.717) is 12.0 Å². The van der Waals surface area contributed by atoms with Crippen molar-refractivity contribution in [2.75, 3.05) is 25.4 Å². The van der Waals surface area contributed by atoms with Gasteiger partial charge < -0.3 is 10.6 Å². The second-order valence-corrected chi connectivity index (χ2v) is 6.89. The van der Waals surface area contributed by atoms with Crippen LogP contribution in [0.3, 0.4) is 0 Å². The molecule has 2 unspecified atom stereocenters. The minimum atomic E-state index is 0.623. The second kappa shape index (κ2) is 6.29. The molecule has 0 spiro atoms. The molecule has 19 heavy (non-hydrogen) atoms. The van der Waals surface area contributed by atoms with E-state index in [4.69, 9.17) is 0 Å². The maximum atomic E-state index is 3.70. The van der Waals surface area contributed by atoms with Crippen molar-refractivity contribution in [3.05, 3.63) is 29.3 Å². The minimum Gasteiger partial charge on any atom is -0.314 e. The molecule has 104 valence electrons. The summed E-state index contributed by atoms with van der Waals surface area (Å²) in [6.45, 7) is 5.57. The predicted molar refractivity (Wildman–Crippen MR) is 83.2 cm³/mol. The van der Waals surface area contributed by atoms with Crippen molar-refractivity contribution in [1.29, 1.82) is 0 Å². The number of aryl methyl sites for hydroxylation is 1. The van der Waals surface area contributed by atoms with Gasteiger partial charge in [-0.1, -0.05) is 13.0 Å². The summed E-state index contributed by atoms with van der Waals surface area (Å²) in [6.07, 6.45) is 3.95. The van der Waals surface area contributed by atoms with Gasteiger partial charge in [-0.25, -0.2) is 0 Å². The maximum absolute atomic E-state index is 3.70. The summed E-state index contributed by atoms with van der Waals surface area (Å²) >= 11 is 1.96. The van der Waals surface area contributed by atoms with Crippen molar-refractivity contribution in [2.24, 2.45) is 0 Å². The summed E-state index contributed by atoms with van der Waals surface area (Å²) in [7, 11) is 0. The van der Waals surface area contributed by atoms with Crippen LogP contribution in [0.4, 0.5) is 0 Å². The molecular weight excluding hydrogens is 252 g/mol. The fourth-order valence-electron chi connectivity index (χ4n) is 3.46. The third-order valence-corrected chi connectivity index (χ3v) is 5.22. The van der Waals surface area contributed by atoms with E-state index in [2.05, 4.69) is 35.8 Å². The van der Waals surface area contributed by atoms with Crippen LogP contribution in [0.2, 0.25) is 0 Å². The van der Waals surface area contributed by atoms with E-state index in [0.717, 1.165) is 25.4 Å². The normalized spacial score (nSPS) is 27.0. The second-order valence-electron chi connectivity index (χ2n) is 5.56. The van der Waals surface area contributed by atoms with Crippen LogP contribution < -0.4 is 10.6 Å². The van der Waals surface area contributed by atoms with E-state index in [-0.39, 0.29) is 0 Å². The molecule has 0 aromatic heterocycles.